The standard InChI is InChI=1S/C16H27N3O3/c1-11(8-17)14(18-9-13-4-6-22-7-5-13)15(20)16(21)19-10-12-2-3-12/h11-15,18,20H,2-7,9-10H2,1H3,(H,19,21). The number of nitrogens with one attached hydrogen (secondary N) is 2. The van der Waals surface area contributed by atoms with Crippen molar-refractivity contribution in [1.82, 2.24) is 10.6 Å². The molecular weight excluding hydrogens is 282 g/mol. The Morgan fingerprint density at radius 3 is 2.50 bits per heavy atom. The summed E-state index contributed by atoms with van der Waals surface area (Å²) >= 11 is 0. The van der Waals surface area contributed by atoms with Crippen molar-refractivity contribution in [3.63, 3.8) is 0 Å². The van der Waals surface area contributed by atoms with Crippen LogP contribution < -0.4 is 10.6 Å². The molecular formula is C16H27N3O3. The molecule has 2 rings (SSSR count). The SMILES string of the molecule is CC(C#N)C(NCC1CCOCC1)C(O)C(=O)NCC1CC1. The molecule has 0 radical (unpaired) electrons. The summed E-state index contributed by atoms with van der Waals surface area (Å²) in [4.78, 5) is 12.1. The molecule has 0 aromatic rings. The quantitative estimate of drug-likeness (QED) is 0.604. The Balaban J connectivity index is 1.83. The van der Waals surface area contributed by atoms with E-state index in [1.54, 1.807) is 6.92 Å². The van der Waals surface area contributed by atoms with Gasteiger partial charge in [0.25, 0.3) is 5.91 Å². The zero-order chi connectivity index (χ0) is 15.9. The van der Waals surface area contributed by atoms with Gasteiger partial charge in [0.15, 0.2) is 0 Å². The number of rotatable bonds is 8. The molecule has 3 N–H and O–H groups in total. The van der Waals surface area contributed by atoms with Crippen molar-refractivity contribution < 1.29 is 14.6 Å². The maximum Gasteiger partial charge on any atom is 0.250 e. The van der Waals surface area contributed by atoms with E-state index in [1.165, 1.54) is 0 Å². The third kappa shape index (κ3) is 5.24. The number of aliphatic hydroxyl groups is 1. The summed E-state index contributed by atoms with van der Waals surface area (Å²) in [6, 6.07) is 1.60. The van der Waals surface area contributed by atoms with Crippen LogP contribution in [0, 0.1) is 29.1 Å². The fourth-order valence-corrected chi connectivity index (χ4v) is 2.73. The molecule has 22 heavy (non-hydrogen) atoms. The van der Waals surface area contributed by atoms with Crippen LogP contribution in [0.4, 0.5) is 0 Å². The van der Waals surface area contributed by atoms with Crippen LogP contribution in [-0.2, 0) is 9.53 Å². The van der Waals surface area contributed by atoms with Gasteiger partial charge in [-0.1, -0.05) is 0 Å². The van der Waals surface area contributed by atoms with E-state index < -0.39 is 18.1 Å². The van der Waals surface area contributed by atoms with E-state index in [0.717, 1.165) is 38.9 Å². The molecule has 1 aliphatic carbocycles. The van der Waals surface area contributed by atoms with Crippen molar-refractivity contribution in [3.8, 4) is 6.07 Å². The van der Waals surface area contributed by atoms with Gasteiger partial charge in [0.2, 0.25) is 0 Å². The second-order valence-electron chi connectivity index (χ2n) is 6.54. The Hall–Kier alpha value is -1.16. The summed E-state index contributed by atoms with van der Waals surface area (Å²) in [7, 11) is 0. The number of nitriles is 1. The number of amides is 1. The normalized spacial score (nSPS) is 23.3. The minimum atomic E-state index is -1.19. The number of ether oxygens (including phenoxy) is 1. The Morgan fingerprint density at radius 2 is 1.91 bits per heavy atom. The summed E-state index contributed by atoms with van der Waals surface area (Å²) in [5.74, 6) is 0.238. The molecule has 2 fully saturated rings. The van der Waals surface area contributed by atoms with Crippen LogP contribution in [0.25, 0.3) is 0 Å². The minimum Gasteiger partial charge on any atom is -0.382 e. The molecule has 1 saturated carbocycles. The van der Waals surface area contributed by atoms with Crippen LogP contribution in [0.5, 0.6) is 0 Å². The van der Waals surface area contributed by atoms with E-state index in [2.05, 4.69) is 16.7 Å². The Bertz CT molecular complexity index is 400. The number of hydrogen-bond acceptors (Lipinski definition) is 5. The van der Waals surface area contributed by atoms with Crippen molar-refractivity contribution in [2.75, 3.05) is 26.3 Å². The summed E-state index contributed by atoms with van der Waals surface area (Å²) < 4.78 is 5.33. The maximum atomic E-state index is 12.1. The zero-order valence-electron chi connectivity index (χ0n) is 13.3. The number of hydrogen-bond donors (Lipinski definition) is 3. The maximum absolute atomic E-state index is 12.1. The van der Waals surface area contributed by atoms with E-state index in [-0.39, 0.29) is 5.91 Å². The smallest absolute Gasteiger partial charge is 0.250 e. The first-order valence-corrected chi connectivity index (χ1v) is 8.28. The average Bonchev–Trinajstić information content (AvgIpc) is 3.37. The molecule has 0 spiro atoms. The lowest BCUT2D eigenvalue weighted by molar-refractivity contribution is -0.131. The highest BCUT2D eigenvalue weighted by molar-refractivity contribution is 5.81. The van der Waals surface area contributed by atoms with E-state index >= 15 is 0 Å². The van der Waals surface area contributed by atoms with Crippen molar-refractivity contribution in [1.29, 1.82) is 5.26 Å². The van der Waals surface area contributed by atoms with E-state index in [9.17, 15) is 9.90 Å². The highest BCUT2D eigenvalue weighted by Gasteiger charge is 2.32. The first kappa shape index (κ1) is 17.2. The number of carbonyl (C=O) groups excluding carboxylic acids is 1. The van der Waals surface area contributed by atoms with Gasteiger partial charge in [-0.15, -0.1) is 0 Å². The van der Waals surface area contributed by atoms with Crippen LogP contribution in [0.1, 0.15) is 32.6 Å². The molecule has 3 atom stereocenters. The van der Waals surface area contributed by atoms with Crippen LogP contribution in [0.2, 0.25) is 0 Å². The van der Waals surface area contributed by atoms with Gasteiger partial charge in [0.05, 0.1) is 18.0 Å². The molecule has 6 heteroatoms. The lowest BCUT2D eigenvalue weighted by Gasteiger charge is -2.29. The van der Waals surface area contributed by atoms with E-state index in [0.29, 0.717) is 24.9 Å². The molecule has 3 unspecified atom stereocenters. The first-order valence-electron chi connectivity index (χ1n) is 8.28. The van der Waals surface area contributed by atoms with Crippen LogP contribution in [0.15, 0.2) is 0 Å². The van der Waals surface area contributed by atoms with Gasteiger partial charge in [-0.05, 0) is 51.0 Å². The van der Waals surface area contributed by atoms with Crippen molar-refractivity contribution in [3.05, 3.63) is 0 Å². The summed E-state index contributed by atoms with van der Waals surface area (Å²) in [6.07, 6.45) is 3.07. The summed E-state index contributed by atoms with van der Waals surface area (Å²) in [5.41, 5.74) is 0. The lowest BCUT2D eigenvalue weighted by Crippen LogP contribution is -2.53. The van der Waals surface area contributed by atoms with Crippen molar-refractivity contribution in [2.45, 2.75) is 44.8 Å². The van der Waals surface area contributed by atoms with E-state index in [4.69, 9.17) is 10.00 Å². The van der Waals surface area contributed by atoms with Crippen molar-refractivity contribution in [2.24, 2.45) is 17.8 Å². The average molecular weight is 309 g/mol. The van der Waals surface area contributed by atoms with Gasteiger partial charge in [0, 0.05) is 19.8 Å². The van der Waals surface area contributed by atoms with Gasteiger partial charge in [-0.25, -0.2) is 0 Å². The molecule has 2 aliphatic rings. The number of aliphatic hydroxyl groups excluding tert-OH is 1. The predicted molar refractivity (Wildman–Crippen MR) is 81.9 cm³/mol. The van der Waals surface area contributed by atoms with Crippen LogP contribution >= 0.6 is 0 Å². The first-order chi connectivity index (χ1) is 10.6. The number of nitrogens with zero attached hydrogens (tertiary/aromatic N) is 1. The van der Waals surface area contributed by atoms with Gasteiger partial charge >= 0.3 is 0 Å². The van der Waals surface area contributed by atoms with E-state index in [1.807, 2.05) is 0 Å². The summed E-state index contributed by atoms with van der Waals surface area (Å²) in [5, 5.41) is 25.5. The molecule has 124 valence electrons. The molecule has 1 amide bonds. The lowest BCUT2D eigenvalue weighted by atomic mass is 9.94. The fourth-order valence-electron chi connectivity index (χ4n) is 2.73. The Morgan fingerprint density at radius 1 is 1.27 bits per heavy atom. The Labute approximate surface area is 132 Å². The molecule has 0 aromatic carbocycles. The highest BCUT2D eigenvalue weighted by Crippen LogP contribution is 2.27. The second-order valence-corrected chi connectivity index (χ2v) is 6.54. The third-order valence-electron chi connectivity index (χ3n) is 4.60. The van der Waals surface area contributed by atoms with Crippen LogP contribution in [-0.4, -0.2) is 49.5 Å². The zero-order valence-corrected chi connectivity index (χ0v) is 13.3. The molecule has 1 saturated heterocycles. The Kier molecular flexibility index (Phi) is 6.62. The largest absolute Gasteiger partial charge is 0.382 e. The molecule has 0 aromatic heterocycles. The second kappa shape index (κ2) is 8.47. The number of carbonyl (C=O) groups is 1. The molecule has 6 nitrogen and oxygen atoms in total. The monoisotopic (exact) mass is 309 g/mol. The molecule has 1 aliphatic heterocycles. The van der Waals surface area contributed by atoms with Crippen molar-refractivity contribution >= 4 is 5.91 Å². The third-order valence-corrected chi connectivity index (χ3v) is 4.60. The van der Waals surface area contributed by atoms with Gasteiger partial charge in [-0.2, -0.15) is 5.26 Å². The van der Waals surface area contributed by atoms with Gasteiger partial charge in [-0.3, -0.25) is 4.79 Å². The molecule has 1 heterocycles. The van der Waals surface area contributed by atoms with Gasteiger partial charge in [0.1, 0.15) is 6.10 Å². The van der Waals surface area contributed by atoms with Crippen LogP contribution in [0.3, 0.4) is 0 Å². The summed E-state index contributed by atoms with van der Waals surface area (Å²) in [6.45, 7) is 4.58. The fraction of sp³-hybridized carbons (Fsp3) is 0.875. The van der Waals surface area contributed by atoms with Gasteiger partial charge < -0.3 is 20.5 Å². The predicted octanol–water partition coefficient (Wildman–Crippen LogP) is 0.418. The molecule has 0 bridgehead atoms. The highest BCUT2D eigenvalue weighted by atomic mass is 16.5. The topological polar surface area (TPSA) is 94.4 Å². The minimum absolute atomic E-state index is 0.376.